The van der Waals surface area contributed by atoms with E-state index in [1.165, 1.54) is 38.6 Å². The van der Waals surface area contributed by atoms with Crippen LogP contribution in [0.1, 0.15) is 39.0 Å². The summed E-state index contributed by atoms with van der Waals surface area (Å²) in [6, 6.07) is 0.791. The lowest BCUT2D eigenvalue weighted by molar-refractivity contribution is 0.412. The van der Waals surface area contributed by atoms with Crippen LogP contribution in [-0.2, 0) is 0 Å². The van der Waals surface area contributed by atoms with E-state index in [0.29, 0.717) is 5.41 Å². The Balaban J connectivity index is 1.68. The maximum atomic E-state index is 5.74. The van der Waals surface area contributed by atoms with E-state index in [1.807, 2.05) is 0 Å². The highest BCUT2D eigenvalue weighted by Crippen LogP contribution is 2.44. The summed E-state index contributed by atoms with van der Waals surface area (Å²) in [5.74, 6) is 0.936. The summed E-state index contributed by atoms with van der Waals surface area (Å²) in [4.78, 5) is 0. The summed E-state index contributed by atoms with van der Waals surface area (Å²) in [6.07, 6.45) is 6.85. The zero-order valence-corrected chi connectivity index (χ0v) is 8.68. The van der Waals surface area contributed by atoms with Gasteiger partial charge in [-0.25, -0.2) is 0 Å². The van der Waals surface area contributed by atoms with Crippen LogP contribution < -0.4 is 11.1 Å². The van der Waals surface area contributed by atoms with Crippen LogP contribution in [0.3, 0.4) is 0 Å². The molecule has 0 heterocycles. The van der Waals surface area contributed by atoms with E-state index >= 15 is 0 Å². The molecule has 2 unspecified atom stereocenters. The van der Waals surface area contributed by atoms with Crippen molar-refractivity contribution in [3.05, 3.63) is 0 Å². The van der Waals surface area contributed by atoms with E-state index in [9.17, 15) is 0 Å². The first-order chi connectivity index (χ1) is 6.24. The summed E-state index contributed by atoms with van der Waals surface area (Å²) < 4.78 is 0. The molecule has 2 fully saturated rings. The topological polar surface area (TPSA) is 38.0 Å². The van der Waals surface area contributed by atoms with Gasteiger partial charge in [0.25, 0.3) is 0 Å². The second-order valence-electron chi connectivity index (χ2n) is 5.20. The predicted molar refractivity (Wildman–Crippen MR) is 55.5 cm³/mol. The smallest absolute Gasteiger partial charge is 0.00699 e. The predicted octanol–water partition coefficient (Wildman–Crippen LogP) is 1.50. The van der Waals surface area contributed by atoms with E-state index in [0.717, 1.165) is 18.5 Å². The lowest BCUT2D eigenvalue weighted by Gasteiger charge is -2.17. The molecule has 0 spiro atoms. The number of nitrogens with one attached hydrogen (secondary N) is 1. The molecule has 0 saturated heterocycles. The Morgan fingerprint density at radius 3 is 2.62 bits per heavy atom. The van der Waals surface area contributed by atoms with Crippen molar-refractivity contribution in [2.75, 3.05) is 13.1 Å². The first kappa shape index (κ1) is 9.47. The summed E-state index contributed by atoms with van der Waals surface area (Å²) in [5, 5.41) is 3.69. The third-order valence-electron chi connectivity index (χ3n) is 3.85. The Bertz CT molecular complexity index is 175. The normalized spacial score (nSPS) is 36.5. The maximum absolute atomic E-state index is 5.74. The Labute approximate surface area is 81.3 Å². The van der Waals surface area contributed by atoms with Crippen LogP contribution in [-0.4, -0.2) is 19.1 Å². The van der Waals surface area contributed by atoms with Gasteiger partial charge in [0, 0.05) is 12.6 Å². The fraction of sp³-hybridized carbons (Fsp3) is 1.00. The summed E-state index contributed by atoms with van der Waals surface area (Å²) in [5.41, 5.74) is 6.25. The van der Waals surface area contributed by atoms with Crippen molar-refractivity contribution in [2.24, 2.45) is 17.1 Å². The second kappa shape index (κ2) is 3.58. The van der Waals surface area contributed by atoms with Crippen LogP contribution in [0.2, 0.25) is 0 Å². The van der Waals surface area contributed by atoms with Crippen molar-refractivity contribution in [1.82, 2.24) is 5.32 Å². The highest BCUT2D eigenvalue weighted by Gasteiger charge is 2.41. The molecule has 0 aromatic heterocycles. The Hall–Kier alpha value is -0.0800. The van der Waals surface area contributed by atoms with E-state index in [1.54, 1.807) is 0 Å². The van der Waals surface area contributed by atoms with Crippen molar-refractivity contribution in [2.45, 2.75) is 45.1 Å². The zero-order chi connectivity index (χ0) is 9.31. The minimum atomic E-state index is 0.506. The van der Waals surface area contributed by atoms with Gasteiger partial charge in [0.15, 0.2) is 0 Å². The van der Waals surface area contributed by atoms with Crippen LogP contribution in [0.15, 0.2) is 0 Å². The Morgan fingerprint density at radius 1 is 1.38 bits per heavy atom. The number of hydrogen-bond acceptors (Lipinski definition) is 2. The van der Waals surface area contributed by atoms with Crippen LogP contribution >= 0.6 is 0 Å². The molecule has 0 radical (unpaired) electrons. The maximum Gasteiger partial charge on any atom is 0.00699 e. The molecule has 0 bridgehead atoms. The van der Waals surface area contributed by atoms with Gasteiger partial charge in [0.2, 0.25) is 0 Å². The van der Waals surface area contributed by atoms with E-state index in [-0.39, 0.29) is 0 Å². The average molecular weight is 182 g/mol. The largest absolute Gasteiger partial charge is 0.330 e. The molecule has 0 aromatic rings. The molecule has 13 heavy (non-hydrogen) atoms. The van der Waals surface area contributed by atoms with Gasteiger partial charge in [-0.3, -0.25) is 0 Å². The van der Waals surface area contributed by atoms with Crippen LogP contribution in [0.4, 0.5) is 0 Å². The molecular formula is C11H22N2. The fourth-order valence-corrected chi connectivity index (χ4v) is 2.38. The molecule has 76 valence electrons. The standard InChI is InChI=1S/C11H22N2/c1-9-2-3-10(6-9)13-8-11(7-12)4-5-11/h9-10,13H,2-8,12H2,1H3. The van der Waals surface area contributed by atoms with Crippen LogP contribution in [0.5, 0.6) is 0 Å². The molecule has 2 saturated carbocycles. The first-order valence-corrected chi connectivity index (χ1v) is 5.68. The minimum absolute atomic E-state index is 0.506. The van der Waals surface area contributed by atoms with E-state index in [2.05, 4.69) is 12.2 Å². The Morgan fingerprint density at radius 2 is 2.15 bits per heavy atom. The van der Waals surface area contributed by atoms with Crippen LogP contribution in [0.25, 0.3) is 0 Å². The van der Waals surface area contributed by atoms with Crippen molar-refractivity contribution < 1.29 is 0 Å². The average Bonchev–Trinajstić information content (AvgIpc) is 2.81. The van der Waals surface area contributed by atoms with Gasteiger partial charge in [-0.2, -0.15) is 0 Å². The van der Waals surface area contributed by atoms with Gasteiger partial charge in [-0.05, 0) is 50.0 Å². The SMILES string of the molecule is CC1CCC(NCC2(CN)CC2)C1. The highest BCUT2D eigenvalue weighted by atomic mass is 14.9. The van der Waals surface area contributed by atoms with Gasteiger partial charge >= 0.3 is 0 Å². The molecular weight excluding hydrogens is 160 g/mol. The van der Waals surface area contributed by atoms with Crippen molar-refractivity contribution >= 4 is 0 Å². The fourth-order valence-electron chi connectivity index (χ4n) is 2.38. The molecule has 3 N–H and O–H groups in total. The molecule has 0 amide bonds. The molecule has 0 aliphatic heterocycles. The quantitative estimate of drug-likeness (QED) is 0.691. The highest BCUT2D eigenvalue weighted by molar-refractivity contribution is 4.96. The lowest BCUT2D eigenvalue weighted by atomic mass is 10.1. The molecule has 2 aliphatic carbocycles. The monoisotopic (exact) mass is 182 g/mol. The molecule has 2 heteroatoms. The van der Waals surface area contributed by atoms with Gasteiger partial charge in [-0.1, -0.05) is 6.92 Å². The Kier molecular flexibility index (Phi) is 2.61. The minimum Gasteiger partial charge on any atom is -0.330 e. The van der Waals surface area contributed by atoms with Crippen molar-refractivity contribution in [1.29, 1.82) is 0 Å². The molecule has 0 aromatic carbocycles. The summed E-state index contributed by atoms with van der Waals surface area (Å²) >= 11 is 0. The second-order valence-corrected chi connectivity index (χ2v) is 5.20. The van der Waals surface area contributed by atoms with Gasteiger partial charge in [-0.15, -0.1) is 0 Å². The lowest BCUT2D eigenvalue weighted by Crippen LogP contribution is -2.35. The third-order valence-corrected chi connectivity index (χ3v) is 3.85. The summed E-state index contributed by atoms with van der Waals surface area (Å²) in [6.45, 7) is 4.40. The van der Waals surface area contributed by atoms with E-state index in [4.69, 9.17) is 5.73 Å². The number of nitrogens with two attached hydrogens (primary N) is 1. The van der Waals surface area contributed by atoms with Crippen LogP contribution in [0, 0.1) is 11.3 Å². The number of hydrogen-bond donors (Lipinski definition) is 2. The molecule has 2 atom stereocenters. The van der Waals surface area contributed by atoms with Gasteiger partial charge < -0.3 is 11.1 Å². The number of rotatable bonds is 4. The van der Waals surface area contributed by atoms with Gasteiger partial charge in [0.1, 0.15) is 0 Å². The zero-order valence-electron chi connectivity index (χ0n) is 8.68. The first-order valence-electron chi connectivity index (χ1n) is 5.68. The molecule has 2 rings (SSSR count). The molecule has 2 aliphatic rings. The third kappa shape index (κ3) is 2.23. The van der Waals surface area contributed by atoms with Gasteiger partial charge in [0.05, 0.1) is 0 Å². The summed E-state index contributed by atoms with van der Waals surface area (Å²) in [7, 11) is 0. The van der Waals surface area contributed by atoms with Crippen molar-refractivity contribution in [3.63, 3.8) is 0 Å². The van der Waals surface area contributed by atoms with E-state index < -0.39 is 0 Å². The van der Waals surface area contributed by atoms with Crippen molar-refractivity contribution in [3.8, 4) is 0 Å². The molecule has 2 nitrogen and oxygen atoms in total.